The Kier molecular flexibility index (Phi) is 5.47. The lowest BCUT2D eigenvalue weighted by atomic mass is 9.79. The van der Waals surface area contributed by atoms with Crippen molar-refractivity contribution in [3.8, 4) is 5.75 Å². The molecule has 1 saturated heterocycles. The zero-order chi connectivity index (χ0) is 21.3. The summed E-state index contributed by atoms with van der Waals surface area (Å²) in [6, 6.07) is 15.4. The first-order valence-electron chi connectivity index (χ1n) is 11.6. The highest BCUT2D eigenvalue weighted by Gasteiger charge is 2.46. The third-order valence-corrected chi connectivity index (χ3v) is 7.49. The smallest absolute Gasteiger partial charge is 0.407 e. The molecule has 0 aromatic heterocycles. The number of hydrogen-bond acceptors (Lipinski definition) is 3. The highest BCUT2D eigenvalue weighted by molar-refractivity contribution is 5.70. The number of amides is 1. The molecule has 2 aromatic rings. The van der Waals surface area contributed by atoms with Crippen LogP contribution in [0.2, 0.25) is 0 Å². The van der Waals surface area contributed by atoms with E-state index in [-0.39, 0.29) is 11.6 Å². The third kappa shape index (κ3) is 4.21. The van der Waals surface area contributed by atoms with Gasteiger partial charge in [-0.3, -0.25) is 0 Å². The molecule has 1 spiro atoms. The topological polar surface area (TPSA) is 47.6 Å². The minimum Gasteiger partial charge on any atom is -0.465 e. The van der Waals surface area contributed by atoms with Crippen molar-refractivity contribution in [2.75, 3.05) is 6.61 Å². The van der Waals surface area contributed by atoms with Crippen LogP contribution in [0.4, 0.5) is 4.79 Å². The molecule has 1 amide bonds. The van der Waals surface area contributed by atoms with Crippen molar-refractivity contribution in [1.29, 1.82) is 0 Å². The van der Waals surface area contributed by atoms with Crippen molar-refractivity contribution < 1.29 is 14.3 Å². The van der Waals surface area contributed by atoms with Crippen LogP contribution in [0.5, 0.6) is 5.75 Å². The highest BCUT2D eigenvalue weighted by Crippen LogP contribution is 2.43. The van der Waals surface area contributed by atoms with Gasteiger partial charge in [-0.15, -0.1) is 0 Å². The third-order valence-electron chi connectivity index (χ3n) is 7.49. The Morgan fingerprint density at radius 1 is 1.19 bits per heavy atom. The number of rotatable bonds is 6. The second kappa shape index (κ2) is 8.41. The Morgan fingerprint density at radius 2 is 2.10 bits per heavy atom. The number of nitrogens with one attached hydrogen (secondary N) is 1. The zero-order valence-corrected chi connectivity index (χ0v) is 18.1. The van der Waals surface area contributed by atoms with Crippen LogP contribution in [0.15, 0.2) is 55.3 Å². The van der Waals surface area contributed by atoms with Crippen molar-refractivity contribution in [2.24, 2.45) is 5.92 Å². The van der Waals surface area contributed by atoms with E-state index in [0.29, 0.717) is 12.5 Å². The maximum absolute atomic E-state index is 11.5. The predicted octanol–water partition coefficient (Wildman–Crippen LogP) is 5.69. The molecule has 0 radical (unpaired) electrons. The molecule has 1 saturated carbocycles. The van der Waals surface area contributed by atoms with Gasteiger partial charge >= 0.3 is 6.09 Å². The molecule has 2 aliphatic carbocycles. The summed E-state index contributed by atoms with van der Waals surface area (Å²) in [5, 5.41) is 3.06. The molecule has 3 atom stereocenters. The average molecular weight is 418 g/mol. The number of aryl methyl sites for hydroxylation is 2. The van der Waals surface area contributed by atoms with Crippen LogP contribution in [0, 0.1) is 5.92 Å². The number of ether oxygens (including phenoxy) is 2. The first kappa shape index (κ1) is 20.2. The predicted molar refractivity (Wildman–Crippen MR) is 121 cm³/mol. The Balaban J connectivity index is 1.21. The monoisotopic (exact) mass is 417 g/mol. The molecule has 1 N–H and O–H groups in total. The van der Waals surface area contributed by atoms with Crippen LogP contribution < -0.4 is 10.1 Å². The summed E-state index contributed by atoms with van der Waals surface area (Å²) in [4.78, 5) is 11.5. The highest BCUT2D eigenvalue weighted by atomic mass is 16.6. The summed E-state index contributed by atoms with van der Waals surface area (Å²) in [6.07, 6.45) is 10.2. The standard InChI is InChI=1S/C27H31NO3/c1-2-30-25-6-4-3-5-20(25)9-7-19-8-10-22-16-23(12-11-21(22)15-19)24-13-14-27(17-24)18-31-26(29)28-27/h2-6,11-12,16,19,24H,1,7-10,13-15,17-18H2,(H,28,29)/t19-,24-,27-/m1/s1. The van der Waals surface area contributed by atoms with E-state index in [1.165, 1.54) is 47.8 Å². The molecule has 3 aliphatic rings. The first-order chi connectivity index (χ1) is 15.1. The molecule has 2 fully saturated rings. The number of cyclic esters (lactones) is 1. The lowest BCUT2D eigenvalue weighted by Gasteiger charge is -2.26. The Labute approximate surface area is 184 Å². The number of fused-ring (bicyclic) bond motifs is 1. The van der Waals surface area contributed by atoms with Gasteiger partial charge in [-0.2, -0.15) is 0 Å². The van der Waals surface area contributed by atoms with Gasteiger partial charge in [0, 0.05) is 0 Å². The van der Waals surface area contributed by atoms with Crippen molar-refractivity contribution in [2.45, 2.75) is 62.8 Å². The molecule has 31 heavy (non-hydrogen) atoms. The van der Waals surface area contributed by atoms with Gasteiger partial charge in [0.05, 0.1) is 11.8 Å². The van der Waals surface area contributed by atoms with Gasteiger partial charge in [0.25, 0.3) is 0 Å². The van der Waals surface area contributed by atoms with Gasteiger partial charge in [-0.25, -0.2) is 4.79 Å². The van der Waals surface area contributed by atoms with E-state index < -0.39 is 0 Å². The molecule has 5 rings (SSSR count). The second-order valence-corrected chi connectivity index (χ2v) is 9.49. The number of alkyl carbamates (subject to hydrolysis) is 1. The molecule has 1 heterocycles. The number of para-hydroxylation sites is 1. The Bertz CT molecular complexity index is 984. The zero-order valence-electron chi connectivity index (χ0n) is 18.1. The fraction of sp³-hybridized carbons (Fsp3) is 0.444. The van der Waals surface area contributed by atoms with Gasteiger partial charge in [0.2, 0.25) is 0 Å². The Hall–Kier alpha value is -2.75. The average Bonchev–Trinajstić information content (AvgIpc) is 3.38. The van der Waals surface area contributed by atoms with Gasteiger partial charge < -0.3 is 14.8 Å². The van der Waals surface area contributed by atoms with Gasteiger partial charge in [0.15, 0.2) is 0 Å². The van der Waals surface area contributed by atoms with E-state index in [9.17, 15) is 4.79 Å². The van der Waals surface area contributed by atoms with E-state index in [0.717, 1.165) is 43.8 Å². The summed E-state index contributed by atoms with van der Waals surface area (Å²) in [7, 11) is 0. The maximum Gasteiger partial charge on any atom is 0.407 e. The normalized spacial score (nSPS) is 26.9. The van der Waals surface area contributed by atoms with E-state index >= 15 is 0 Å². The molecular weight excluding hydrogens is 386 g/mol. The van der Waals surface area contributed by atoms with E-state index in [4.69, 9.17) is 9.47 Å². The van der Waals surface area contributed by atoms with Crippen LogP contribution in [0.1, 0.15) is 60.3 Å². The Morgan fingerprint density at radius 3 is 2.94 bits per heavy atom. The number of benzene rings is 2. The summed E-state index contributed by atoms with van der Waals surface area (Å²) in [5.74, 6) is 2.17. The summed E-state index contributed by atoms with van der Waals surface area (Å²) in [5.41, 5.74) is 5.61. The minimum atomic E-state index is -0.254. The van der Waals surface area contributed by atoms with Crippen LogP contribution in [-0.4, -0.2) is 18.2 Å². The molecule has 1 aliphatic heterocycles. The van der Waals surface area contributed by atoms with Crippen LogP contribution in [0.3, 0.4) is 0 Å². The fourth-order valence-electron chi connectivity index (χ4n) is 5.77. The molecule has 0 unspecified atom stereocenters. The lowest BCUT2D eigenvalue weighted by molar-refractivity contribution is 0.172. The fourth-order valence-corrected chi connectivity index (χ4v) is 5.77. The molecule has 162 valence electrons. The summed E-state index contributed by atoms with van der Waals surface area (Å²) in [6.45, 7) is 4.21. The quantitative estimate of drug-likeness (QED) is 0.614. The summed E-state index contributed by atoms with van der Waals surface area (Å²) < 4.78 is 10.8. The largest absolute Gasteiger partial charge is 0.465 e. The number of carbonyl (C=O) groups excluding carboxylic acids is 1. The van der Waals surface area contributed by atoms with Crippen LogP contribution >= 0.6 is 0 Å². The molecule has 4 nitrogen and oxygen atoms in total. The van der Waals surface area contributed by atoms with E-state index in [1.807, 2.05) is 12.1 Å². The molecule has 4 heteroatoms. The molecular formula is C27H31NO3. The lowest BCUT2D eigenvalue weighted by Crippen LogP contribution is -2.40. The van der Waals surface area contributed by atoms with Gasteiger partial charge in [-0.1, -0.05) is 43.0 Å². The molecule has 0 bridgehead atoms. The molecule has 2 aromatic carbocycles. The van der Waals surface area contributed by atoms with Crippen LogP contribution in [-0.2, 0) is 24.0 Å². The summed E-state index contributed by atoms with van der Waals surface area (Å²) >= 11 is 0. The first-order valence-corrected chi connectivity index (χ1v) is 11.6. The van der Waals surface area contributed by atoms with Crippen LogP contribution in [0.25, 0.3) is 0 Å². The van der Waals surface area contributed by atoms with Crippen molar-refractivity contribution in [1.82, 2.24) is 5.32 Å². The van der Waals surface area contributed by atoms with E-state index in [2.05, 4.69) is 42.2 Å². The maximum atomic E-state index is 11.5. The van der Waals surface area contributed by atoms with Crippen molar-refractivity contribution >= 4 is 6.09 Å². The van der Waals surface area contributed by atoms with Gasteiger partial charge in [-0.05, 0) is 91.5 Å². The SMILES string of the molecule is C=COc1ccccc1CC[C@@H]1CCc2cc([C@@H]3CC[C@]4(COC(=O)N4)C3)ccc2C1. The van der Waals surface area contributed by atoms with Gasteiger partial charge in [0.1, 0.15) is 12.4 Å². The van der Waals surface area contributed by atoms with E-state index in [1.54, 1.807) is 0 Å². The van der Waals surface area contributed by atoms with Crippen molar-refractivity contribution in [3.63, 3.8) is 0 Å². The van der Waals surface area contributed by atoms with Crippen molar-refractivity contribution in [3.05, 3.63) is 77.6 Å². The minimum absolute atomic E-state index is 0.131. The second-order valence-electron chi connectivity index (χ2n) is 9.49. The number of hydrogen-bond donors (Lipinski definition) is 1. The number of carbonyl (C=O) groups is 1.